The SMILES string of the molecule is CCc1ccc(CNC(=O)N(CC(=O)O)CC(C)C)cc1. The maximum Gasteiger partial charge on any atom is 0.323 e. The summed E-state index contributed by atoms with van der Waals surface area (Å²) < 4.78 is 0. The molecule has 0 aliphatic carbocycles. The van der Waals surface area contributed by atoms with E-state index in [0.29, 0.717) is 13.1 Å². The molecule has 5 nitrogen and oxygen atoms in total. The van der Waals surface area contributed by atoms with E-state index in [4.69, 9.17) is 5.11 Å². The predicted molar refractivity (Wildman–Crippen MR) is 82.1 cm³/mol. The van der Waals surface area contributed by atoms with Crippen LogP contribution in [-0.2, 0) is 17.8 Å². The van der Waals surface area contributed by atoms with Crippen LogP contribution in [0.25, 0.3) is 0 Å². The average molecular weight is 292 g/mol. The van der Waals surface area contributed by atoms with E-state index in [1.165, 1.54) is 10.5 Å². The Morgan fingerprint density at radius 1 is 1.19 bits per heavy atom. The summed E-state index contributed by atoms with van der Waals surface area (Å²) in [6.45, 7) is 6.53. The first-order chi connectivity index (χ1) is 9.92. The topological polar surface area (TPSA) is 69.6 Å². The van der Waals surface area contributed by atoms with E-state index < -0.39 is 5.97 Å². The number of carbonyl (C=O) groups excluding carboxylic acids is 1. The molecule has 116 valence electrons. The Balaban J connectivity index is 2.57. The number of carboxylic acids is 1. The number of carboxylic acid groups (broad SMARTS) is 1. The summed E-state index contributed by atoms with van der Waals surface area (Å²) in [6, 6.07) is 7.67. The highest BCUT2D eigenvalue weighted by molar-refractivity contribution is 5.80. The van der Waals surface area contributed by atoms with E-state index in [0.717, 1.165) is 12.0 Å². The lowest BCUT2D eigenvalue weighted by Crippen LogP contribution is -2.44. The van der Waals surface area contributed by atoms with Crippen LogP contribution in [0.15, 0.2) is 24.3 Å². The first-order valence-electron chi connectivity index (χ1n) is 7.24. The molecule has 1 rings (SSSR count). The third-order valence-corrected chi connectivity index (χ3v) is 3.07. The molecule has 0 unspecified atom stereocenters. The fourth-order valence-corrected chi connectivity index (χ4v) is 2.01. The second-order valence-corrected chi connectivity index (χ2v) is 5.50. The van der Waals surface area contributed by atoms with E-state index >= 15 is 0 Å². The zero-order valence-electron chi connectivity index (χ0n) is 12.9. The molecule has 0 aliphatic rings. The maximum absolute atomic E-state index is 12.1. The Morgan fingerprint density at radius 3 is 2.24 bits per heavy atom. The molecule has 2 N–H and O–H groups in total. The van der Waals surface area contributed by atoms with Crippen molar-refractivity contribution >= 4 is 12.0 Å². The first-order valence-corrected chi connectivity index (χ1v) is 7.24. The number of rotatable bonds is 7. The van der Waals surface area contributed by atoms with E-state index in [-0.39, 0.29) is 18.5 Å². The maximum atomic E-state index is 12.1. The van der Waals surface area contributed by atoms with Crippen molar-refractivity contribution in [2.75, 3.05) is 13.1 Å². The van der Waals surface area contributed by atoms with Crippen molar-refractivity contribution in [1.82, 2.24) is 10.2 Å². The number of hydrogen-bond donors (Lipinski definition) is 2. The van der Waals surface area contributed by atoms with Crippen LogP contribution in [0.3, 0.4) is 0 Å². The van der Waals surface area contributed by atoms with Crippen LogP contribution in [0, 0.1) is 5.92 Å². The van der Waals surface area contributed by atoms with Crippen molar-refractivity contribution in [3.8, 4) is 0 Å². The Labute approximate surface area is 126 Å². The van der Waals surface area contributed by atoms with Crippen LogP contribution in [-0.4, -0.2) is 35.1 Å². The van der Waals surface area contributed by atoms with Crippen molar-refractivity contribution in [1.29, 1.82) is 0 Å². The third kappa shape index (κ3) is 6.29. The van der Waals surface area contributed by atoms with Gasteiger partial charge in [0.1, 0.15) is 6.54 Å². The van der Waals surface area contributed by atoms with Gasteiger partial charge < -0.3 is 15.3 Å². The van der Waals surface area contributed by atoms with Crippen LogP contribution in [0.4, 0.5) is 4.79 Å². The molecular weight excluding hydrogens is 268 g/mol. The predicted octanol–water partition coefficient (Wildman–Crippen LogP) is 2.50. The lowest BCUT2D eigenvalue weighted by molar-refractivity contribution is -0.137. The third-order valence-electron chi connectivity index (χ3n) is 3.07. The fraction of sp³-hybridized carbons (Fsp3) is 0.500. The van der Waals surface area contributed by atoms with Crippen molar-refractivity contribution in [3.63, 3.8) is 0 Å². The monoisotopic (exact) mass is 292 g/mol. The van der Waals surface area contributed by atoms with Gasteiger partial charge in [-0.3, -0.25) is 4.79 Å². The summed E-state index contributed by atoms with van der Waals surface area (Å²) in [5.74, 6) is -0.781. The second kappa shape index (κ2) is 8.29. The molecule has 0 heterocycles. The van der Waals surface area contributed by atoms with E-state index in [2.05, 4.69) is 12.2 Å². The number of amides is 2. The van der Waals surface area contributed by atoms with Crippen molar-refractivity contribution < 1.29 is 14.7 Å². The number of nitrogens with zero attached hydrogens (tertiary/aromatic N) is 1. The highest BCUT2D eigenvalue weighted by Crippen LogP contribution is 2.05. The molecule has 0 fully saturated rings. The van der Waals surface area contributed by atoms with Gasteiger partial charge in [0, 0.05) is 13.1 Å². The molecule has 0 radical (unpaired) electrons. The molecule has 0 bridgehead atoms. The number of hydrogen-bond acceptors (Lipinski definition) is 2. The fourth-order valence-electron chi connectivity index (χ4n) is 2.01. The number of aryl methyl sites for hydroxylation is 1. The van der Waals surface area contributed by atoms with Gasteiger partial charge >= 0.3 is 12.0 Å². The molecule has 0 aromatic heterocycles. The lowest BCUT2D eigenvalue weighted by Gasteiger charge is -2.23. The van der Waals surface area contributed by atoms with Gasteiger partial charge in [0.2, 0.25) is 0 Å². The Hall–Kier alpha value is -2.04. The summed E-state index contributed by atoms with van der Waals surface area (Å²) in [7, 11) is 0. The van der Waals surface area contributed by atoms with Crippen LogP contribution >= 0.6 is 0 Å². The van der Waals surface area contributed by atoms with Crippen LogP contribution in [0.2, 0.25) is 0 Å². The molecule has 1 aromatic carbocycles. The smallest absolute Gasteiger partial charge is 0.323 e. The average Bonchev–Trinajstić information content (AvgIpc) is 2.43. The number of benzene rings is 1. The highest BCUT2D eigenvalue weighted by atomic mass is 16.4. The molecule has 21 heavy (non-hydrogen) atoms. The first kappa shape index (κ1) is 17.0. The molecule has 0 spiro atoms. The minimum Gasteiger partial charge on any atom is -0.480 e. The second-order valence-electron chi connectivity index (χ2n) is 5.50. The zero-order valence-corrected chi connectivity index (χ0v) is 12.9. The van der Waals surface area contributed by atoms with Gasteiger partial charge in [-0.15, -0.1) is 0 Å². The lowest BCUT2D eigenvalue weighted by atomic mass is 10.1. The number of carbonyl (C=O) groups is 2. The van der Waals surface area contributed by atoms with E-state index in [1.54, 1.807) is 0 Å². The van der Waals surface area contributed by atoms with Crippen LogP contribution < -0.4 is 5.32 Å². The largest absolute Gasteiger partial charge is 0.480 e. The molecule has 0 aliphatic heterocycles. The van der Waals surface area contributed by atoms with Gasteiger partial charge in [0.05, 0.1) is 0 Å². The molecule has 2 amide bonds. The Bertz CT molecular complexity index is 469. The van der Waals surface area contributed by atoms with Crippen molar-refractivity contribution in [2.24, 2.45) is 5.92 Å². The normalized spacial score (nSPS) is 10.5. The number of urea groups is 1. The van der Waals surface area contributed by atoms with Crippen molar-refractivity contribution in [2.45, 2.75) is 33.7 Å². The summed E-state index contributed by atoms with van der Waals surface area (Å²) >= 11 is 0. The van der Waals surface area contributed by atoms with Gasteiger partial charge in [-0.05, 0) is 23.5 Å². The van der Waals surface area contributed by atoms with Gasteiger partial charge in [0.25, 0.3) is 0 Å². The molecule has 0 saturated carbocycles. The van der Waals surface area contributed by atoms with Gasteiger partial charge in [0.15, 0.2) is 0 Å². The van der Waals surface area contributed by atoms with Crippen LogP contribution in [0.5, 0.6) is 0 Å². The summed E-state index contributed by atoms with van der Waals surface area (Å²) in [5, 5.41) is 11.6. The molecule has 5 heteroatoms. The van der Waals surface area contributed by atoms with Crippen LogP contribution in [0.1, 0.15) is 31.9 Å². The standard InChI is InChI=1S/C16H24N2O3/c1-4-13-5-7-14(8-6-13)9-17-16(21)18(10-12(2)3)11-15(19)20/h5-8,12H,4,9-11H2,1-3H3,(H,17,21)(H,19,20). The van der Waals surface area contributed by atoms with E-state index in [9.17, 15) is 9.59 Å². The Morgan fingerprint density at radius 2 is 1.76 bits per heavy atom. The molecular formula is C16H24N2O3. The minimum atomic E-state index is -1.00. The quantitative estimate of drug-likeness (QED) is 0.811. The summed E-state index contributed by atoms with van der Waals surface area (Å²) in [6.07, 6.45) is 0.980. The molecule has 0 saturated heterocycles. The number of nitrogens with one attached hydrogen (secondary N) is 1. The Kier molecular flexibility index (Phi) is 6.72. The summed E-state index contributed by atoms with van der Waals surface area (Å²) in [4.78, 5) is 24.2. The van der Waals surface area contributed by atoms with Gasteiger partial charge in [-0.2, -0.15) is 0 Å². The highest BCUT2D eigenvalue weighted by Gasteiger charge is 2.17. The number of aliphatic carboxylic acids is 1. The van der Waals surface area contributed by atoms with Gasteiger partial charge in [-0.1, -0.05) is 45.0 Å². The molecule has 1 aromatic rings. The summed E-state index contributed by atoms with van der Waals surface area (Å²) in [5.41, 5.74) is 2.25. The van der Waals surface area contributed by atoms with E-state index in [1.807, 2.05) is 38.1 Å². The molecule has 0 atom stereocenters. The zero-order chi connectivity index (χ0) is 15.8. The van der Waals surface area contributed by atoms with Crippen molar-refractivity contribution in [3.05, 3.63) is 35.4 Å². The van der Waals surface area contributed by atoms with Gasteiger partial charge in [-0.25, -0.2) is 4.79 Å². The minimum absolute atomic E-state index is 0.221.